The van der Waals surface area contributed by atoms with Crippen molar-refractivity contribution in [1.82, 2.24) is 5.32 Å². The fraction of sp³-hybridized carbons (Fsp3) is 0.632. The van der Waals surface area contributed by atoms with Crippen molar-refractivity contribution < 1.29 is 4.79 Å². The third kappa shape index (κ3) is 4.10. The fourth-order valence-electron chi connectivity index (χ4n) is 3.48. The van der Waals surface area contributed by atoms with Crippen LogP contribution in [-0.2, 0) is 11.2 Å². The Bertz CT molecular complexity index is 512. The Morgan fingerprint density at radius 2 is 2.05 bits per heavy atom. The van der Waals surface area contributed by atoms with Crippen LogP contribution in [0.2, 0.25) is 0 Å². The van der Waals surface area contributed by atoms with Gasteiger partial charge >= 0.3 is 0 Å². The Balaban J connectivity index is 1.91. The molecule has 3 atom stereocenters. The zero-order valence-corrected chi connectivity index (χ0v) is 14.4. The average molecular weight is 302 g/mol. The molecular formula is C19H30N2O. The van der Waals surface area contributed by atoms with Gasteiger partial charge in [-0.05, 0) is 42.7 Å². The summed E-state index contributed by atoms with van der Waals surface area (Å²) in [6.45, 7) is 9.19. The molecule has 1 saturated carbocycles. The number of para-hydroxylation sites is 1. The van der Waals surface area contributed by atoms with Gasteiger partial charge in [-0.2, -0.15) is 0 Å². The van der Waals surface area contributed by atoms with Crippen LogP contribution in [0.5, 0.6) is 0 Å². The fourth-order valence-corrected chi connectivity index (χ4v) is 3.48. The second-order valence-corrected chi connectivity index (χ2v) is 6.77. The number of aryl methyl sites for hydroxylation is 2. The van der Waals surface area contributed by atoms with Gasteiger partial charge < -0.3 is 10.6 Å². The van der Waals surface area contributed by atoms with E-state index in [1.807, 2.05) is 19.1 Å². The molecule has 3 nitrogen and oxygen atoms in total. The van der Waals surface area contributed by atoms with Gasteiger partial charge in [-0.15, -0.1) is 0 Å². The number of carbonyl (C=O) groups is 1. The van der Waals surface area contributed by atoms with Crippen molar-refractivity contribution in [2.75, 3.05) is 11.9 Å². The third-order valence-electron chi connectivity index (χ3n) is 5.24. The molecule has 1 aromatic carbocycles. The number of hydrogen-bond acceptors (Lipinski definition) is 2. The molecule has 1 aliphatic carbocycles. The first-order valence-electron chi connectivity index (χ1n) is 8.64. The Labute approximate surface area is 134 Å². The normalized spacial score (nSPS) is 25.0. The zero-order valence-electron chi connectivity index (χ0n) is 14.4. The lowest BCUT2D eigenvalue weighted by Crippen LogP contribution is -2.43. The molecule has 1 aliphatic rings. The molecule has 122 valence electrons. The maximum Gasteiger partial charge on any atom is 0.238 e. The van der Waals surface area contributed by atoms with Crippen LogP contribution in [0.4, 0.5) is 5.69 Å². The van der Waals surface area contributed by atoms with E-state index in [1.165, 1.54) is 24.8 Å². The molecule has 1 aromatic rings. The summed E-state index contributed by atoms with van der Waals surface area (Å²) in [5.41, 5.74) is 3.32. The first kappa shape index (κ1) is 17.0. The van der Waals surface area contributed by atoms with Crippen LogP contribution in [0.1, 0.15) is 51.2 Å². The second-order valence-electron chi connectivity index (χ2n) is 6.77. The van der Waals surface area contributed by atoms with E-state index in [-0.39, 0.29) is 5.91 Å². The second kappa shape index (κ2) is 7.77. The molecule has 0 heterocycles. The smallest absolute Gasteiger partial charge is 0.238 e. The van der Waals surface area contributed by atoms with Crippen LogP contribution in [0, 0.1) is 18.8 Å². The van der Waals surface area contributed by atoms with Gasteiger partial charge in [-0.1, -0.05) is 51.8 Å². The number of hydrogen-bond donors (Lipinski definition) is 2. The Hall–Kier alpha value is -1.35. The van der Waals surface area contributed by atoms with Crippen LogP contribution < -0.4 is 10.6 Å². The van der Waals surface area contributed by atoms with Gasteiger partial charge in [0.25, 0.3) is 0 Å². The molecule has 0 saturated heterocycles. The Morgan fingerprint density at radius 1 is 1.27 bits per heavy atom. The van der Waals surface area contributed by atoms with Crippen molar-refractivity contribution in [3.05, 3.63) is 29.3 Å². The molecule has 0 unspecified atom stereocenters. The summed E-state index contributed by atoms with van der Waals surface area (Å²) < 4.78 is 0. The Morgan fingerprint density at radius 3 is 2.77 bits per heavy atom. The number of rotatable bonds is 5. The largest absolute Gasteiger partial charge is 0.324 e. The van der Waals surface area contributed by atoms with Crippen molar-refractivity contribution >= 4 is 11.6 Å². The van der Waals surface area contributed by atoms with Gasteiger partial charge in [0.2, 0.25) is 5.91 Å². The number of nitrogens with one attached hydrogen (secondary N) is 2. The number of benzene rings is 1. The number of anilines is 1. The lowest BCUT2D eigenvalue weighted by molar-refractivity contribution is -0.115. The quantitative estimate of drug-likeness (QED) is 0.866. The summed E-state index contributed by atoms with van der Waals surface area (Å²) in [4.78, 5) is 12.3. The van der Waals surface area contributed by atoms with Crippen molar-refractivity contribution in [2.24, 2.45) is 11.8 Å². The minimum Gasteiger partial charge on any atom is -0.324 e. The molecule has 0 aliphatic heterocycles. The van der Waals surface area contributed by atoms with E-state index < -0.39 is 0 Å². The lowest BCUT2D eigenvalue weighted by atomic mass is 9.78. The summed E-state index contributed by atoms with van der Waals surface area (Å²) in [7, 11) is 0. The minimum atomic E-state index is 0.0643. The van der Waals surface area contributed by atoms with Crippen LogP contribution >= 0.6 is 0 Å². The predicted octanol–water partition coefficient (Wildman–Crippen LogP) is 3.91. The van der Waals surface area contributed by atoms with Crippen molar-refractivity contribution in [2.45, 2.75) is 59.4 Å². The Kier molecular flexibility index (Phi) is 6.01. The first-order chi connectivity index (χ1) is 10.5. The molecule has 1 amide bonds. The van der Waals surface area contributed by atoms with Gasteiger partial charge in [0.1, 0.15) is 0 Å². The van der Waals surface area contributed by atoms with E-state index in [4.69, 9.17) is 0 Å². The maximum atomic E-state index is 12.3. The zero-order chi connectivity index (χ0) is 16.1. The van der Waals surface area contributed by atoms with Gasteiger partial charge in [0, 0.05) is 11.7 Å². The highest BCUT2D eigenvalue weighted by molar-refractivity contribution is 5.93. The molecule has 22 heavy (non-hydrogen) atoms. The van der Waals surface area contributed by atoms with Crippen LogP contribution in [0.15, 0.2) is 18.2 Å². The molecule has 3 heteroatoms. The maximum absolute atomic E-state index is 12.3. The van der Waals surface area contributed by atoms with Gasteiger partial charge in [0.15, 0.2) is 0 Å². The van der Waals surface area contributed by atoms with E-state index in [2.05, 4.69) is 37.5 Å². The standard InChI is InChI=1S/C19H30N2O/c1-5-16-10-6-9-14(3)19(16)21-18(22)12-20-17-11-7-8-13(2)15(17)4/h6,9-10,13,15,17,20H,5,7-8,11-12H2,1-4H3,(H,21,22)/t13-,15-,17+/m0/s1. The highest BCUT2D eigenvalue weighted by Gasteiger charge is 2.26. The lowest BCUT2D eigenvalue weighted by Gasteiger charge is -2.34. The third-order valence-corrected chi connectivity index (χ3v) is 5.24. The van der Waals surface area contributed by atoms with Crippen molar-refractivity contribution in [3.63, 3.8) is 0 Å². The van der Waals surface area contributed by atoms with Crippen LogP contribution in [0.25, 0.3) is 0 Å². The summed E-state index contributed by atoms with van der Waals surface area (Å²) in [6, 6.07) is 6.65. The van der Waals surface area contributed by atoms with Gasteiger partial charge in [-0.25, -0.2) is 0 Å². The van der Waals surface area contributed by atoms with E-state index in [0.29, 0.717) is 18.5 Å². The van der Waals surface area contributed by atoms with Crippen LogP contribution in [-0.4, -0.2) is 18.5 Å². The highest BCUT2D eigenvalue weighted by Crippen LogP contribution is 2.29. The number of amides is 1. The SMILES string of the molecule is CCc1cccc(C)c1NC(=O)CN[C@@H]1CCC[C@H](C)[C@@H]1C. The minimum absolute atomic E-state index is 0.0643. The van der Waals surface area contributed by atoms with Crippen molar-refractivity contribution in [3.8, 4) is 0 Å². The molecule has 2 rings (SSSR count). The molecular weight excluding hydrogens is 272 g/mol. The molecule has 0 aromatic heterocycles. The van der Waals surface area contributed by atoms with Crippen LogP contribution in [0.3, 0.4) is 0 Å². The first-order valence-corrected chi connectivity index (χ1v) is 8.64. The number of carbonyl (C=O) groups excluding carboxylic acids is 1. The molecule has 0 radical (unpaired) electrons. The van der Waals surface area contributed by atoms with E-state index in [0.717, 1.165) is 23.6 Å². The van der Waals surface area contributed by atoms with Gasteiger partial charge in [0.05, 0.1) is 6.54 Å². The molecule has 0 bridgehead atoms. The van der Waals surface area contributed by atoms with E-state index >= 15 is 0 Å². The summed E-state index contributed by atoms with van der Waals surface area (Å²) in [5, 5.41) is 6.56. The highest BCUT2D eigenvalue weighted by atomic mass is 16.1. The molecule has 0 spiro atoms. The molecule has 1 fully saturated rings. The molecule has 2 N–H and O–H groups in total. The summed E-state index contributed by atoms with van der Waals surface area (Å²) >= 11 is 0. The van der Waals surface area contributed by atoms with E-state index in [9.17, 15) is 4.79 Å². The average Bonchev–Trinajstić information content (AvgIpc) is 2.50. The van der Waals surface area contributed by atoms with Gasteiger partial charge in [-0.3, -0.25) is 4.79 Å². The summed E-state index contributed by atoms with van der Waals surface area (Å²) in [6.07, 6.45) is 4.70. The van der Waals surface area contributed by atoms with Crippen molar-refractivity contribution in [1.29, 1.82) is 0 Å². The van der Waals surface area contributed by atoms with E-state index in [1.54, 1.807) is 0 Å². The topological polar surface area (TPSA) is 41.1 Å². The predicted molar refractivity (Wildman–Crippen MR) is 93.2 cm³/mol. The monoisotopic (exact) mass is 302 g/mol. The summed E-state index contributed by atoms with van der Waals surface area (Å²) in [5.74, 6) is 1.46.